The summed E-state index contributed by atoms with van der Waals surface area (Å²) < 4.78 is 1.06. The van der Waals surface area contributed by atoms with E-state index in [4.69, 9.17) is 5.11 Å². The summed E-state index contributed by atoms with van der Waals surface area (Å²) in [5.74, 6) is -0.742. The fourth-order valence-electron chi connectivity index (χ4n) is 1.72. The molecule has 1 rings (SSSR count). The maximum absolute atomic E-state index is 10.5. The highest BCUT2D eigenvalue weighted by Gasteiger charge is 2.10. The van der Waals surface area contributed by atoms with Crippen LogP contribution in [0, 0.1) is 0 Å². The summed E-state index contributed by atoms with van der Waals surface area (Å²) in [4.78, 5) is 10.5. The first-order valence-corrected chi connectivity index (χ1v) is 6.51. The van der Waals surface area contributed by atoms with E-state index in [1.165, 1.54) is 5.56 Å². The van der Waals surface area contributed by atoms with Crippen molar-refractivity contribution in [1.82, 2.24) is 5.32 Å². The summed E-state index contributed by atoms with van der Waals surface area (Å²) in [5.41, 5.74) is 1.20. The molecule has 0 radical (unpaired) electrons. The van der Waals surface area contributed by atoms with E-state index >= 15 is 0 Å². The number of benzene rings is 1. The molecule has 0 heterocycles. The predicted molar refractivity (Wildman–Crippen MR) is 72.0 cm³/mol. The zero-order chi connectivity index (χ0) is 12.8. The van der Waals surface area contributed by atoms with Gasteiger partial charge in [0, 0.05) is 23.0 Å². The van der Waals surface area contributed by atoms with Gasteiger partial charge in [-0.1, -0.05) is 28.1 Å². The van der Waals surface area contributed by atoms with Crippen LogP contribution in [0.15, 0.2) is 28.7 Å². The molecule has 0 fully saturated rings. The highest BCUT2D eigenvalue weighted by Crippen LogP contribution is 2.18. The number of carbonyl (C=O) groups is 1. The van der Waals surface area contributed by atoms with Gasteiger partial charge in [-0.2, -0.15) is 0 Å². The normalized spacial score (nSPS) is 14.3. The van der Waals surface area contributed by atoms with Crippen LogP contribution in [-0.2, 0) is 4.79 Å². The van der Waals surface area contributed by atoms with Crippen LogP contribution in [-0.4, -0.2) is 17.1 Å². The third-order valence-electron chi connectivity index (χ3n) is 2.67. The van der Waals surface area contributed by atoms with E-state index in [0.717, 1.165) is 4.47 Å². The number of hydrogen-bond acceptors (Lipinski definition) is 2. The van der Waals surface area contributed by atoms with Crippen LogP contribution in [0.5, 0.6) is 0 Å². The first kappa shape index (κ1) is 14.2. The largest absolute Gasteiger partial charge is 0.481 e. The molecule has 2 N–H and O–H groups in total. The number of hydrogen-bond donors (Lipinski definition) is 2. The topological polar surface area (TPSA) is 49.3 Å². The molecule has 0 bridgehead atoms. The number of carboxylic acids is 1. The summed E-state index contributed by atoms with van der Waals surface area (Å²) >= 11 is 3.44. The maximum Gasteiger partial charge on any atom is 0.303 e. The van der Waals surface area contributed by atoms with Gasteiger partial charge in [0.25, 0.3) is 0 Å². The molecule has 0 saturated heterocycles. The minimum absolute atomic E-state index is 0.195. The minimum atomic E-state index is -0.742. The molecule has 1 aromatic rings. The standard InChI is InChI=1S/C13H18BrNO2/c1-9(6-7-13(16)17)15-10(2)11-4-3-5-12(14)8-11/h3-5,8-10,15H,6-7H2,1-2H3,(H,16,17)/t9?,10-/m1/s1. The van der Waals surface area contributed by atoms with Gasteiger partial charge >= 0.3 is 5.97 Å². The van der Waals surface area contributed by atoms with E-state index in [1.54, 1.807) is 0 Å². The summed E-state index contributed by atoms with van der Waals surface area (Å²) in [7, 11) is 0. The molecule has 2 atom stereocenters. The van der Waals surface area contributed by atoms with Crippen molar-refractivity contribution in [3.63, 3.8) is 0 Å². The number of rotatable bonds is 6. The summed E-state index contributed by atoms with van der Waals surface area (Å²) in [6, 6.07) is 8.54. The lowest BCUT2D eigenvalue weighted by Gasteiger charge is -2.20. The van der Waals surface area contributed by atoms with Crippen LogP contribution in [0.1, 0.15) is 38.3 Å². The molecule has 3 nitrogen and oxygen atoms in total. The van der Waals surface area contributed by atoms with Gasteiger partial charge in [-0.15, -0.1) is 0 Å². The average Bonchev–Trinajstić information content (AvgIpc) is 2.26. The lowest BCUT2D eigenvalue weighted by Crippen LogP contribution is -2.29. The molecule has 94 valence electrons. The van der Waals surface area contributed by atoms with Gasteiger partial charge in [0.1, 0.15) is 0 Å². The van der Waals surface area contributed by atoms with Crippen molar-refractivity contribution in [3.05, 3.63) is 34.3 Å². The quantitative estimate of drug-likeness (QED) is 0.847. The monoisotopic (exact) mass is 299 g/mol. The third-order valence-corrected chi connectivity index (χ3v) is 3.17. The summed E-state index contributed by atoms with van der Waals surface area (Å²) in [6.07, 6.45) is 0.854. The molecule has 1 aromatic carbocycles. The van der Waals surface area contributed by atoms with Crippen molar-refractivity contribution < 1.29 is 9.90 Å². The van der Waals surface area contributed by atoms with Gasteiger partial charge in [0.2, 0.25) is 0 Å². The molecular formula is C13H18BrNO2. The smallest absolute Gasteiger partial charge is 0.303 e. The first-order valence-electron chi connectivity index (χ1n) is 5.72. The van der Waals surface area contributed by atoms with E-state index < -0.39 is 5.97 Å². The molecule has 1 unspecified atom stereocenters. The van der Waals surface area contributed by atoms with Crippen LogP contribution in [0.4, 0.5) is 0 Å². The lowest BCUT2D eigenvalue weighted by molar-refractivity contribution is -0.137. The van der Waals surface area contributed by atoms with Crippen LogP contribution in [0.3, 0.4) is 0 Å². The highest BCUT2D eigenvalue weighted by molar-refractivity contribution is 9.10. The van der Waals surface area contributed by atoms with Crippen LogP contribution >= 0.6 is 15.9 Å². The lowest BCUT2D eigenvalue weighted by atomic mass is 10.1. The van der Waals surface area contributed by atoms with Gasteiger partial charge in [-0.05, 0) is 38.0 Å². The van der Waals surface area contributed by atoms with Gasteiger partial charge in [0.05, 0.1) is 0 Å². The Balaban J connectivity index is 2.48. The second kappa shape index (κ2) is 6.77. The van der Waals surface area contributed by atoms with Crippen LogP contribution in [0.25, 0.3) is 0 Å². The van der Waals surface area contributed by atoms with Crippen molar-refractivity contribution >= 4 is 21.9 Å². The van der Waals surface area contributed by atoms with E-state index in [2.05, 4.69) is 40.3 Å². The van der Waals surface area contributed by atoms with Gasteiger partial charge in [-0.25, -0.2) is 0 Å². The zero-order valence-corrected chi connectivity index (χ0v) is 11.7. The highest BCUT2D eigenvalue weighted by atomic mass is 79.9. The Morgan fingerprint density at radius 3 is 2.76 bits per heavy atom. The van der Waals surface area contributed by atoms with Crippen LogP contribution < -0.4 is 5.32 Å². The van der Waals surface area contributed by atoms with Crippen molar-refractivity contribution in [2.45, 2.75) is 38.8 Å². The van der Waals surface area contributed by atoms with Crippen molar-refractivity contribution in [2.75, 3.05) is 0 Å². The Kier molecular flexibility index (Phi) is 5.65. The minimum Gasteiger partial charge on any atom is -0.481 e. The predicted octanol–water partition coefficient (Wildman–Crippen LogP) is 3.35. The number of carboxylic acid groups (broad SMARTS) is 1. The number of aliphatic carboxylic acids is 1. The second-order valence-electron chi connectivity index (χ2n) is 4.28. The van der Waals surface area contributed by atoms with Gasteiger partial charge in [-0.3, -0.25) is 4.79 Å². The molecule has 0 aliphatic heterocycles. The van der Waals surface area contributed by atoms with Crippen molar-refractivity contribution in [1.29, 1.82) is 0 Å². The molecule has 0 aliphatic rings. The molecule has 0 saturated carbocycles. The Morgan fingerprint density at radius 1 is 1.47 bits per heavy atom. The first-order chi connectivity index (χ1) is 7.99. The maximum atomic E-state index is 10.5. The van der Waals surface area contributed by atoms with E-state index in [9.17, 15) is 4.79 Å². The van der Waals surface area contributed by atoms with Gasteiger partial charge < -0.3 is 10.4 Å². The fourth-order valence-corrected chi connectivity index (χ4v) is 2.14. The Hall–Kier alpha value is -0.870. The summed E-state index contributed by atoms with van der Waals surface area (Å²) in [6.45, 7) is 4.09. The Labute approximate surface area is 110 Å². The molecular weight excluding hydrogens is 282 g/mol. The van der Waals surface area contributed by atoms with E-state index in [-0.39, 0.29) is 18.5 Å². The molecule has 0 amide bonds. The number of nitrogens with one attached hydrogen (secondary N) is 1. The molecule has 17 heavy (non-hydrogen) atoms. The summed E-state index contributed by atoms with van der Waals surface area (Å²) in [5, 5.41) is 12.0. The third kappa shape index (κ3) is 5.33. The second-order valence-corrected chi connectivity index (χ2v) is 5.19. The van der Waals surface area contributed by atoms with Crippen molar-refractivity contribution in [2.24, 2.45) is 0 Å². The molecule has 0 aliphatic carbocycles. The molecule has 0 spiro atoms. The van der Waals surface area contributed by atoms with E-state index in [1.807, 2.05) is 19.1 Å². The SMILES string of the molecule is CC(CCC(=O)O)N[C@H](C)c1cccc(Br)c1. The molecule has 4 heteroatoms. The van der Waals surface area contributed by atoms with Crippen LogP contribution in [0.2, 0.25) is 0 Å². The van der Waals surface area contributed by atoms with Gasteiger partial charge in [0.15, 0.2) is 0 Å². The van der Waals surface area contributed by atoms with Crippen molar-refractivity contribution in [3.8, 4) is 0 Å². The van der Waals surface area contributed by atoms with E-state index in [0.29, 0.717) is 6.42 Å². The zero-order valence-electron chi connectivity index (χ0n) is 10.1. The Bertz CT molecular complexity index is 381. The average molecular weight is 300 g/mol. The Morgan fingerprint density at radius 2 is 2.18 bits per heavy atom. The number of halogens is 1. The molecule has 0 aromatic heterocycles. The fraction of sp³-hybridized carbons (Fsp3) is 0.462.